The van der Waals surface area contributed by atoms with Crippen LogP contribution in [0.25, 0.3) is 0 Å². The maximum Gasteiger partial charge on any atom is 0.255 e. The lowest BCUT2D eigenvalue weighted by atomic mass is 9.89. The topological polar surface area (TPSA) is 123 Å². The average Bonchev–Trinajstić information content (AvgIpc) is 2.69. The fourth-order valence-electron chi connectivity index (χ4n) is 3.24. The molecule has 162 valence electrons. The Balaban J connectivity index is 2.65. The minimum absolute atomic E-state index is 0.265. The van der Waals surface area contributed by atoms with E-state index < -0.39 is 11.8 Å². The first kappa shape index (κ1) is 22.9. The lowest BCUT2D eigenvalue weighted by molar-refractivity contribution is -0.120. The molecule has 2 aromatic rings. The maximum atomic E-state index is 11.3. The zero-order valence-electron chi connectivity index (χ0n) is 17.9. The van der Waals surface area contributed by atoms with Gasteiger partial charge >= 0.3 is 0 Å². The number of nitrogens with two attached hydrogens (primary N) is 2. The molecule has 0 unspecified atom stereocenters. The molecular weight excluding hydrogens is 388 g/mol. The highest BCUT2D eigenvalue weighted by molar-refractivity contribution is 5.76. The molecule has 0 aromatic heterocycles. The number of carbonyl (C=O) groups excluding carboxylic acids is 2. The Hall–Kier alpha value is -3.42. The third-order valence-corrected chi connectivity index (χ3v) is 4.55. The summed E-state index contributed by atoms with van der Waals surface area (Å²) in [6.45, 7) is 5.23. The number of carbonyl (C=O) groups is 2. The first-order valence-electron chi connectivity index (χ1n) is 9.37. The molecule has 0 saturated heterocycles. The number of aryl methyl sites for hydroxylation is 2. The molecule has 2 aromatic carbocycles. The van der Waals surface area contributed by atoms with Gasteiger partial charge in [-0.2, -0.15) is 0 Å². The van der Waals surface area contributed by atoms with Gasteiger partial charge in [0.1, 0.15) is 0 Å². The lowest BCUT2D eigenvalue weighted by Gasteiger charge is -2.23. The maximum absolute atomic E-state index is 11.3. The van der Waals surface area contributed by atoms with E-state index >= 15 is 0 Å². The molecule has 8 heteroatoms. The number of hydrogen-bond donors (Lipinski definition) is 2. The van der Waals surface area contributed by atoms with Crippen LogP contribution in [0.5, 0.6) is 23.0 Å². The minimum atomic E-state index is -0.598. The van der Waals surface area contributed by atoms with E-state index in [-0.39, 0.29) is 19.1 Å². The van der Waals surface area contributed by atoms with Gasteiger partial charge in [-0.15, -0.1) is 0 Å². The molecule has 30 heavy (non-hydrogen) atoms. The number of methoxy groups -OCH3 is 2. The van der Waals surface area contributed by atoms with Crippen molar-refractivity contribution in [3.8, 4) is 23.0 Å². The SMILES string of the molecule is COc1cc(C)cc(C(C)c2cc(C)cc(OC)c2OCC(N)=O)c1OCC(N)=O. The largest absolute Gasteiger partial charge is 0.493 e. The van der Waals surface area contributed by atoms with Crippen molar-refractivity contribution in [1.29, 1.82) is 0 Å². The lowest BCUT2D eigenvalue weighted by Crippen LogP contribution is -2.21. The molecule has 0 aliphatic carbocycles. The van der Waals surface area contributed by atoms with Crippen LogP contribution in [-0.4, -0.2) is 39.2 Å². The van der Waals surface area contributed by atoms with E-state index in [1.807, 2.05) is 45.0 Å². The number of ether oxygens (including phenoxy) is 4. The van der Waals surface area contributed by atoms with Crippen molar-refractivity contribution >= 4 is 11.8 Å². The molecule has 4 N–H and O–H groups in total. The van der Waals surface area contributed by atoms with Crippen molar-refractivity contribution in [1.82, 2.24) is 0 Å². The van der Waals surface area contributed by atoms with E-state index in [1.165, 1.54) is 14.2 Å². The van der Waals surface area contributed by atoms with Gasteiger partial charge in [0.2, 0.25) is 0 Å². The zero-order chi connectivity index (χ0) is 22.4. The molecule has 0 saturated carbocycles. The molecular formula is C22H28N2O6. The Morgan fingerprint density at radius 2 is 1.17 bits per heavy atom. The van der Waals surface area contributed by atoms with E-state index in [2.05, 4.69) is 0 Å². The van der Waals surface area contributed by atoms with Crippen molar-refractivity contribution in [3.63, 3.8) is 0 Å². The van der Waals surface area contributed by atoms with Crippen LogP contribution in [-0.2, 0) is 9.59 Å². The van der Waals surface area contributed by atoms with Gasteiger partial charge < -0.3 is 30.4 Å². The van der Waals surface area contributed by atoms with Gasteiger partial charge in [-0.3, -0.25) is 9.59 Å². The van der Waals surface area contributed by atoms with Crippen LogP contribution in [0, 0.1) is 13.8 Å². The van der Waals surface area contributed by atoms with Crippen LogP contribution in [0.1, 0.15) is 35.1 Å². The molecule has 0 spiro atoms. The standard InChI is InChI=1S/C22H28N2O6/c1-12-6-15(21(17(8-12)27-4)29-10-19(23)25)14(3)16-7-13(2)9-18(28-5)22(16)30-11-20(24)26/h6-9,14H,10-11H2,1-5H3,(H2,23,25)(H2,24,26). The fourth-order valence-corrected chi connectivity index (χ4v) is 3.24. The molecule has 0 atom stereocenters. The number of amides is 2. The van der Waals surface area contributed by atoms with E-state index in [9.17, 15) is 9.59 Å². The van der Waals surface area contributed by atoms with Crippen LogP contribution in [0.4, 0.5) is 0 Å². The van der Waals surface area contributed by atoms with Crippen LogP contribution >= 0.6 is 0 Å². The van der Waals surface area contributed by atoms with Crippen LogP contribution in [0.15, 0.2) is 24.3 Å². The smallest absolute Gasteiger partial charge is 0.255 e. The van der Waals surface area contributed by atoms with Crippen molar-refractivity contribution in [2.75, 3.05) is 27.4 Å². The van der Waals surface area contributed by atoms with Crippen molar-refractivity contribution in [2.45, 2.75) is 26.7 Å². The van der Waals surface area contributed by atoms with E-state index in [4.69, 9.17) is 30.4 Å². The Labute approximate surface area is 176 Å². The summed E-state index contributed by atoms with van der Waals surface area (Å²) >= 11 is 0. The van der Waals surface area contributed by atoms with Crippen molar-refractivity contribution in [2.24, 2.45) is 11.5 Å². The van der Waals surface area contributed by atoms with Gasteiger partial charge in [-0.05, 0) is 37.1 Å². The summed E-state index contributed by atoms with van der Waals surface area (Å²) in [6, 6.07) is 7.51. The second-order valence-electron chi connectivity index (χ2n) is 7.00. The van der Waals surface area contributed by atoms with Gasteiger partial charge in [-0.1, -0.05) is 19.1 Å². The normalized spacial score (nSPS) is 10.6. The molecule has 0 bridgehead atoms. The van der Waals surface area contributed by atoms with Gasteiger partial charge in [0.05, 0.1) is 14.2 Å². The average molecular weight is 416 g/mol. The monoisotopic (exact) mass is 416 g/mol. The van der Waals surface area contributed by atoms with E-state index in [0.29, 0.717) is 23.0 Å². The van der Waals surface area contributed by atoms with Crippen molar-refractivity contribution in [3.05, 3.63) is 46.5 Å². The Bertz CT molecular complexity index is 866. The first-order valence-corrected chi connectivity index (χ1v) is 9.37. The summed E-state index contributed by atoms with van der Waals surface area (Å²) in [7, 11) is 3.05. The molecule has 8 nitrogen and oxygen atoms in total. The molecule has 2 rings (SSSR count). The molecule has 0 heterocycles. The van der Waals surface area contributed by atoms with Gasteiger partial charge in [0.15, 0.2) is 36.2 Å². The molecule has 0 aliphatic heterocycles. The fraction of sp³-hybridized carbons (Fsp3) is 0.364. The summed E-state index contributed by atoms with van der Waals surface area (Å²) in [6.07, 6.45) is 0. The van der Waals surface area contributed by atoms with Gasteiger partial charge in [-0.25, -0.2) is 0 Å². The highest BCUT2D eigenvalue weighted by atomic mass is 16.5. The van der Waals surface area contributed by atoms with Crippen LogP contribution < -0.4 is 30.4 Å². The van der Waals surface area contributed by atoms with E-state index in [1.54, 1.807) is 0 Å². The second kappa shape index (κ2) is 9.87. The summed E-state index contributed by atoms with van der Waals surface area (Å²) in [4.78, 5) is 22.6. The summed E-state index contributed by atoms with van der Waals surface area (Å²) in [5.41, 5.74) is 14.0. The predicted octanol–water partition coefficient (Wildman–Crippen LogP) is 2.20. The number of primary amides is 2. The minimum Gasteiger partial charge on any atom is -0.493 e. The Morgan fingerprint density at radius 1 is 0.800 bits per heavy atom. The number of benzene rings is 2. The number of rotatable bonds is 10. The van der Waals surface area contributed by atoms with Crippen LogP contribution in [0.3, 0.4) is 0 Å². The summed E-state index contributed by atoms with van der Waals surface area (Å²) in [5.74, 6) is 0.331. The quantitative estimate of drug-likeness (QED) is 0.612. The Morgan fingerprint density at radius 3 is 1.47 bits per heavy atom. The predicted molar refractivity (Wildman–Crippen MR) is 112 cm³/mol. The summed E-state index contributed by atoms with van der Waals surface area (Å²) < 4.78 is 22.3. The van der Waals surface area contributed by atoms with E-state index in [0.717, 1.165) is 22.3 Å². The first-order chi connectivity index (χ1) is 14.2. The van der Waals surface area contributed by atoms with Crippen molar-refractivity contribution < 1.29 is 28.5 Å². The number of hydrogen-bond acceptors (Lipinski definition) is 6. The zero-order valence-corrected chi connectivity index (χ0v) is 17.9. The highest BCUT2D eigenvalue weighted by Crippen LogP contribution is 2.44. The van der Waals surface area contributed by atoms with Gasteiger partial charge in [0, 0.05) is 17.0 Å². The highest BCUT2D eigenvalue weighted by Gasteiger charge is 2.24. The summed E-state index contributed by atoms with van der Waals surface area (Å²) in [5, 5.41) is 0. The van der Waals surface area contributed by atoms with Crippen LogP contribution in [0.2, 0.25) is 0 Å². The third kappa shape index (κ3) is 5.34. The third-order valence-electron chi connectivity index (χ3n) is 4.55. The Kier molecular flexibility index (Phi) is 7.52. The second-order valence-corrected chi connectivity index (χ2v) is 7.00. The molecule has 0 radical (unpaired) electrons. The molecule has 0 aliphatic rings. The van der Waals surface area contributed by atoms with Gasteiger partial charge in [0.25, 0.3) is 11.8 Å². The molecule has 0 fully saturated rings. The molecule has 2 amide bonds.